The summed E-state index contributed by atoms with van der Waals surface area (Å²) in [7, 11) is 0. The number of rotatable bonds is 7. The molecule has 0 aliphatic carbocycles. The largest absolute Gasteiger partial charge is 2.00 e. The molecule has 3 heterocycles. The fraction of sp³-hybridized carbons (Fsp3) is 0.179. The van der Waals surface area contributed by atoms with Crippen molar-refractivity contribution in [3.05, 3.63) is 125 Å². The second-order valence-electron chi connectivity index (χ2n) is 11.4. The number of thioether (sulfide) groups is 1. The first-order chi connectivity index (χ1) is 21.9. The van der Waals surface area contributed by atoms with Gasteiger partial charge in [0.05, 0.1) is 5.69 Å². The van der Waals surface area contributed by atoms with E-state index in [-0.39, 0.29) is 21.1 Å². The first-order valence-corrected chi connectivity index (χ1v) is 16.4. The molecule has 0 amide bonds. The van der Waals surface area contributed by atoms with E-state index in [1.54, 1.807) is 11.8 Å². The Morgan fingerprint density at radius 1 is 0.804 bits per heavy atom. The van der Waals surface area contributed by atoms with E-state index in [4.69, 9.17) is 14.8 Å². The first-order valence-electron chi connectivity index (χ1n) is 15.2. The van der Waals surface area contributed by atoms with Crippen LogP contribution in [-0.2, 0) is 27.5 Å². The Hall–Kier alpha value is -4.12. The third-order valence-corrected chi connectivity index (χ3v) is 9.08. The predicted octanol–water partition coefficient (Wildman–Crippen LogP) is 9.94. The summed E-state index contributed by atoms with van der Waals surface area (Å²) >= 11 is 1.77. The number of pyridine rings is 1. The molecule has 232 valence electrons. The van der Waals surface area contributed by atoms with E-state index in [0.29, 0.717) is 11.5 Å². The van der Waals surface area contributed by atoms with E-state index in [1.807, 2.05) is 41.2 Å². The van der Waals surface area contributed by atoms with E-state index in [0.717, 1.165) is 56.7 Å². The predicted molar refractivity (Wildman–Crippen MR) is 185 cm³/mol. The summed E-state index contributed by atoms with van der Waals surface area (Å²) in [5, 5.41) is 7.27. The van der Waals surface area contributed by atoms with Crippen molar-refractivity contribution in [2.24, 2.45) is 0 Å². The Kier molecular flexibility index (Phi) is 8.96. The van der Waals surface area contributed by atoms with Crippen LogP contribution in [0.15, 0.2) is 90.0 Å². The van der Waals surface area contributed by atoms with Gasteiger partial charge in [0.1, 0.15) is 5.82 Å². The fourth-order valence-corrected chi connectivity index (χ4v) is 7.00. The molecular formula is C39H34N4OPtS. The maximum Gasteiger partial charge on any atom is 2.00 e. The number of benzene rings is 4. The molecule has 0 saturated carbocycles. The number of para-hydroxylation sites is 1. The molecular weight excluding hydrogens is 768 g/mol. The van der Waals surface area contributed by atoms with Crippen molar-refractivity contribution in [3.63, 3.8) is 0 Å². The SMILES string of the molecule is CCc1c(-c2c(C)cc(SC)cc2C)c(C)nn1-c1[c-]c(Oc2[c-]c3c(cc2)c2ccccc2n3-c2cc(C)ccn2)ccc1.[Pt+2]. The summed E-state index contributed by atoms with van der Waals surface area (Å²) in [6.45, 7) is 10.8. The van der Waals surface area contributed by atoms with Gasteiger partial charge in [-0.3, -0.25) is 4.68 Å². The van der Waals surface area contributed by atoms with Gasteiger partial charge in [0.2, 0.25) is 0 Å². The molecule has 0 unspecified atom stereocenters. The van der Waals surface area contributed by atoms with E-state index in [9.17, 15) is 0 Å². The van der Waals surface area contributed by atoms with Crippen molar-refractivity contribution < 1.29 is 25.8 Å². The molecule has 0 aliphatic heterocycles. The zero-order valence-electron chi connectivity index (χ0n) is 26.7. The molecule has 0 spiro atoms. The van der Waals surface area contributed by atoms with E-state index in [1.165, 1.54) is 27.1 Å². The van der Waals surface area contributed by atoms with Crippen LogP contribution in [0.25, 0.3) is 44.4 Å². The molecule has 46 heavy (non-hydrogen) atoms. The molecule has 0 atom stereocenters. The van der Waals surface area contributed by atoms with Gasteiger partial charge >= 0.3 is 21.1 Å². The molecule has 3 aromatic heterocycles. The second-order valence-corrected chi connectivity index (χ2v) is 12.3. The van der Waals surface area contributed by atoms with Crippen molar-refractivity contribution in [2.45, 2.75) is 45.9 Å². The zero-order valence-corrected chi connectivity index (χ0v) is 29.8. The van der Waals surface area contributed by atoms with Crippen LogP contribution in [-0.4, -0.2) is 25.6 Å². The van der Waals surface area contributed by atoms with Gasteiger partial charge in [0, 0.05) is 39.4 Å². The molecule has 0 fully saturated rings. The number of aryl methyl sites for hydroxylation is 4. The molecule has 7 heteroatoms. The summed E-state index contributed by atoms with van der Waals surface area (Å²) in [6, 6.07) is 34.1. The van der Waals surface area contributed by atoms with Crippen molar-refractivity contribution in [2.75, 3.05) is 6.26 Å². The topological polar surface area (TPSA) is 44.9 Å². The van der Waals surface area contributed by atoms with Crippen LogP contribution in [0, 0.1) is 39.8 Å². The van der Waals surface area contributed by atoms with Crippen molar-refractivity contribution >= 4 is 33.6 Å². The Morgan fingerprint density at radius 2 is 1.57 bits per heavy atom. The Labute approximate surface area is 288 Å². The van der Waals surface area contributed by atoms with Crippen LogP contribution in [0.3, 0.4) is 0 Å². The van der Waals surface area contributed by atoms with Crippen LogP contribution >= 0.6 is 11.8 Å². The average Bonchev–Trinajstić information content (AvgIpc) is 3.54. The van der Waals surface area contributed by atoms with Crippen LogP contribution in [0.5, 0.6) is 11.5 Å². The minimum atomic E-state index is 0. The molecule has 5 nitrogen and oxygen atoms in total. The molecule has 0 radical (unpaired) electrons. The van der Waals surface area contributed by atoms with Gasteiger partial charge in [-0.25, -0.2) is 4.98 Å². The number of nitrogens with zero attached hydrogens (tertiary/aromatic N) is 4. The number of fused-ring (bicyclic) bond motifs is 3. The van der Waals surface area contributed by atoms with E-state index in [2.05, 4.69) is 106 Å². The number of hydrogen-bond donors (Lipinski definition) is 0. The van der Waals surface area contributed by atoms with E-state index >= 15 is 0 Å². The minimum absolute atomic E-state index is 0. The molecule has 0 N–H and O–H groups in total. The van der Waals surface area contributed by atoms with Gasteiger partial charge in [-0.05, 0) is 104 Å². The number of aromatic nitrogens is 4. The first kappa shape index (κ1) is 31.8. The van der Waals surface area contributed by atoms with Crippen molar-refractivity contribution in [1.29, 1.82) is 0 Å². The van der Waals surface area contributed by atoms with Crippen LogP contribution in [0.2, 0.25) is 0 Å². The minimum Gasteiger partial charge on any atom is -0.509 e. The Bertz CT molecular complexity index is 2210. The maximum absolute atomic E-state index is 6.43. The summed E-state index contributed by atoms with van der Waals surface area (Å²) < 4.78 is 10.6. The van der Waals surface area contributed by atoms with Crippen LogP contribution in [0.1, 0.15) is 35.0 Å². The number of ether oxygens (including phenoxy) is 1. The quantitative estimate of drug-likeness (QED) is 0.119. The molecule has 0 saturated heterocycles. The van der Waals surface area contributed by atoms with Gasteiger partial charge < -0.3 is 9.30 Å². The molecule has 0 aliphatic rings. The summed E-state index contributed by atoms with van der Waals surface area (Å²) in [5.74, 6) is 2.07. The van der Waals surface area contributed by atoms with Gasteiger partial charge in [0.15, 0.2) is 0 Å². The molecule has 7 aromatic rings. The van der Waals surface area contributed by atoms with Crippen molar-refractivity contribution in [3.8, 4) is 34.1 Å². The second kappa shape index (κ2) is 12.9. The Morgan fingerprint density at radius 3 is 2.30 bits per heavy atom. The van der Waals surface area contributed by atoms with Gasteiger partial charge in [-0.15, -0.1) is 47.5 Å². The zero-order chi connectivity index (χ0) is 31.2. The Balaban J connectivity index is 0.00000372. The molecule has 4 aromatic carbocycles. The summed E-state index contributed by atoms with van der Waals surface area (Å²) in [5.41, 5.74) is 11.2. The normalized spacial score (nSPS) is 11.3. The third kappa shape index (κ3) is 5.59. The van der Waals surface area contributed by atoms with Crippen LogP contribution < -0.4 is 4.74 Å². The van der Waals surface area contributed by atoms with Crippen LogP contribution in [0.4, 0.5) is 0 Å². The van der Waals surface area contributed by atoms with Gasteiger partial charge in [0.25, 0.3) is 0 Å². The standard InChI is InChI=1S/C39H34N4OS.Pt/c1-7-34-39(38-25(3)20-31(45-6)21-26(38)4)27(5)41-43(34)28-11-10-12-29(22-28)44-30-15-16-33-32-13-8-9-14-35(32)42(36(33)23-30)37-19-24(2)17-18-40-37;/h8-21H,7H2,1-6H3;/q-2;+2. The van der Waals surface area contributed by atoms with Gasteiger partial charge in [-0.1, -0.05) is 30.6 Å². The third-order valence-electron chi connectivity index (χ3n) is 8.37. The van der Waals surface area contributed by atoms with Crippen molar-refractivity contribution in [1.82, 2.24) is 19.3 Å². The maximum atomic E-state index is 6.43. The van der Waals surface area contributed by atoms with E-state index < -0.39 is 0 Å². The smallest absolute Gasteiger partial charge is 0.509 e. The fourth-order valence-electron chi connectivity index (χ4n) is 6.41. The monoisotopic (exact) mass is 801 g/mol. The summed E-state index contributed by atoms with van der Waals surface area (Å²) in [4.78, 5) is 5.97. The molecule has 7 rings (SSSR count). The summed E-state index contributed by atoms with van der Waals surface area (Å²) in [6.07, 6.45) is 4.80. The number of hydrogen-bond acceptors (Lipinski definition) is 4. The average molecular weight is 802 g/mol. The van der Waals surface area contributed by atoms with Gasteiger partial charge in [-0.2, -0.15) is 17.2 Å². The molecule has 0 bridgehead atoms.